The van der Waals surface area contributed by atoms with Crippen molar-refractivity contribution in [2.75, 3.05) is 19.6 Å². The van der Waals surface area contributed by atoms with Crippen LogP contribution in [0.3, 0.4) is 0 Å². The predicted molar refractivity (Wildman–Crippen MR) is 110 cm³/mol. The first-order valence-corrected chi connectivity index (χ1v) is 11.5. The number of aromatic nitrogens is 2. The standard InChI is InChI=1S/C20H25ClN4O3S/c1-14-7-16(21)5-6-17(14)19(26)22-10-20(8-15-3-4-15)11-25(12-20)29(27,28)18-9-24(2)13-23-18/h5-7,9,13,15H,3-4,8,10-12H2,1-2H3,(H,22,26). The molecule has 2 fully saturated rings. The van der Waals surface area contributed by atoms with Gasteiger partial charge in [-0.1, -0.05) is 24.4 Å². The van der Waals surface area contributed by atoms with Gasteiger partial charge in [0, 0.05) is 48.9 Å². The van der Waals surface area contributed by atoms with Crippen LogP contribution >= 0.6 is 11.6 Å². The first-order chi connectivity index (χ1) is 13.7. The number of amides is 1. The minimum absolute atomic E-state index is 0.0702. The molecule has 0 spiro atoms. The van der Waals surface area contributed by atoms with E-state index < -0.39 is 10.0 Å². The summed E-state index contributed by atoms with van der Waals surface area (Å²) in [6.45, 7) is 3.12. The maximum absolute atomic E-state index is 12.8. The van der Waals surface area contributed by atoms with Gasteiger partial charge in [0.1, 0.15) is 0 Å². The molecule has 0 unspecified atom stereocenters. The summed E-state index contributed by atoms with van der Waals surface area (Å²) in [5, 5.41) is 3.69. The van der Waals surface area contributed by atoms with E-state index in [2.05, 4.69) is 10.3 Å². The number of aryl methyl sites for hydroxylation is 2. The van der Waals surface area contributed by atoms with Crippen LogP contribution in [0, 0.1) is 18.3 Å². The lowest BCUT2D eigenvalue weighted by atomic mass is 9.76. The number of hydrogen-bond acceptors (Lipinski definition) is 4. The number of halogens is 1. The Hall–Kier alpha value is -1.90. The summed E-state index contributed by atoms with van der Waals surface area (Å²) in [4.78, 5) is 16.7. The second kappa shape index (κ2) is 7.41. The number of sulfonamides is 1. The van der Waals surface area contributed by atoms with Gasteiger partial charge in [-0.25, -0.2) is 13.4 Å². The topological polar surface area (TPSA) is 84.3 Å². The van der Waals surface area contributed by atoms with E-state index in [0.717, 1.165) is 12.0 Å². The third-order valence-corrected chi connectivity index (χ3v) is 7.70. The molecule has 2 heterocycles. The van der Waals surface area contributed by atoms with Crippen LogP contribution in [0.5, 0.6) is 0 Å². The van der Waals surface area contributed by atoms with Gasteiger partial charge in [-0.2, -0.15) is 4.31 Å². The van der Waals surface area contributed by atoms with Gasteiger partial charge >= 0.3 is 0 Å². The molecule has 1 amide bonds. The van der Waals surface area contributed by atoms with Crippen molar-refractivity contribution in [3.63, 3.8) is 0 Å². The van der Waals surface area contributed by atoms with Crippen LogP contribution in [0.2, 0.25) is 5.02 Å². The zero-order valence-electron chi connectivity index (χ0n) is 16.6. The molecule has 1 aliphatic carbocycles. The highest BCUT2D eigenvalue weighted by atomic mass is 35.5. The quantitative estimate of drug-likeness (QED) is 0.723. The lowest BCUT2D eigenvalue weighted by molar-refractivity contribution is 0.0505. The normalized spacial score (nSPS) is 19.0. The minimum atomic E-state index is -3.60. The fourth-order valence-corrected chi connectivity index (χ4v) is 5.88. The van der Waals surface area contributed by atoms with Crippen molar-refractivity contribution in [1.82, 2.24) is 19.2 Å². The summed E-state index contributed by atoms with van der Waals surface area (Å²) < 4.78 is 28.7. The van der Waals surface area contributed by atoms with Crippen molar-refractivity contribution in [3.8, 4) is 0 Å². The smallest absolute Gasteiger partial charge is 0.262 e. The number of imidazole rings is 1. The fourth-order valence-electron chi connectivity index (χ4n) is 4.02. The lowest BCUT2D eigenvalue weighted by Gasteiger charge is -2.49. The van der Waals surface area contributed by atoms with Gasteiger partial charge in [0.25, 0.3) is 15.9 Å². The van der Waals surface area contributed by atoms with Crippen LogP contribution in [0.4, 0.5) is 0 Å². The van der Waals surface area contributed by atoms with E-state index in [1.165, 1.54) is 29.7 Å². The van der Waals surface area contributed by atoms with Crippen molar-refractivity contribution >= 4 is 27.5 Å². The molecular formula is C20H25ClN4O3S. The van der Waals surface area contributed by atoms with Gasteiger partial charge in [-0.3, -0.25) is 4.79 Å². The second-order valence-electron chi connectivity index (χ2n) is 8.44. The lowest BCUT2D eigenvalue weighted by Crippen LogP contribution is -2.62. The average Bonchev–Trinajstić information content (AvgIpc) is 3.33. The number of rotatable bonds is 7. The number of carbonyl (C=O) groups excluding carboxylic acids is 1. The van der Waals surface area contributed by atoms with E-state index in [1.54, 1.807) is 29.8 Å². The molecule has 1 saturated carbocycles. The molecule has 9 heteroatoms. The predicted octanol–water partition coefficient (Wildman–Crippen LogP) is 2.60. The summed E-state index contributed by atoms with van der Waals surface area (Å²) in [7, 11) is -1.85. The maximum atomic E-state index is 12.8. The van der Waals surface area contributed by atoms with E-state index in [4.69, 9.17) is 11.6 Å². The zero-order chi connectivity index (χ0) is 20.8. The average molecular weight is 437 g/mol. The van der Waals surface area contributed by atoms with E-state index in [-0.39, 0.29) is 16.3 Å². The van der Waals surface area contributed by atoms with Crippen molar-refractivity contribution in [3.05, 3.63) is 46.9 Å². The second-order valence-corrected chi connectivity index (χ2v) is 10.8. The Morgan fingerprint density at radius 2 is 2.07 bits per heavy atom. The largest absolute Gasteiger partial charge is 0.351 e. The van der Waals surface area contributed by atoms with Crippen LogP contribution in [0.1, 0.15) is 35.2 Å². The van der Waals surface area contributed by atoms with E-state index in [9.17, 15) is 13.2 Å². The number of benzene rings is 1. The molecule has 1 saturated heterocycles. The highest BCUT2D eigenvalue weighted by molar-refractivity contribution is 7.89. The Bertz CT molecular complexity index is 1040. The highest BCUT2D eigenvalue weighted by Crippen LogP contribution is 2.46. The number of nitrogens with zero attached hydrogens (tertiary/aromatic N) is 3. The van der Waals surface area contributed by atoms with Crippen molar-refractivity contribution in [2.24, 2.45) is 18.4 Å². The summed E-state index contributed by atoms with van der Waals surface area (Å²) in [6.07, 6.45) is 6.29. The van der Waals surface area contributed by atoms with Crippen molar-refractivity contribution in [1.29, 1.82) is 0 Å². The summed E-state index contributed by atoms with van der Waals surface area (Å²) in [6, 6.07) is 5.19. The molecule has 2 aromatic rings. The van der Waals surface area contributed by atoms with Crippen molar-refractivity contribution in [2.45, 2.75) is 31.2 Å². The van der Waals surface area contributed by atoms with Gasteiger partial charge in [0.15, 0.2) is 5.03 Å². The Morgan fingerprint density at radius 1 is 1.34 bits per heavy atom. The Morgan fingerprint density at radius 3 is 2.66 bits per heavy atom. The molecular weight excluding hydrogens is 412 g/mol. The van der Waals surface area contributed by atoms with E-state index in [0.29, 0.717) is 36.1 Å². The molecule has 29 heavy (non-hydrogen) atoms. The van der Waals surface area contributed by atoms with Crippen LogP contribution < -0.4 is 5.32 Å². The monoisotopic (exact) mass is 436 g/mol. The number of hydrogen-bond donors (Lipinski definition) is 1. The van der Waals surface area contributed by atoms with Gasteiger partial charge in [-0.05, 0) is 43.0 Å². The highest BCUT2D eigenvalue weighted by Gasteiger charge is 2.51. The van der Waals surface area contributed by atoms with Crippen LogP contribution in [0.25, 0.3) is 0 Å². The summed E-state index contributed by atoms with van der Waals surface area (Å²) >= 11 is 5.98. The third kappa shape index (κ3) is 4.20. The Kier molecular flexibility index (Phi) is 5.21. The molecule has 0 bridgehead atoms. The summed E-state index contributed by atoms with van der Waals surface area (Å²) in [5.74, 6) is 0.476. The summed E-state index contributed by atoms with van der Waals surface area (Å²) in [5.41, 5.74) is 1.19. The van der Waals surface area contributed by atoms with Gasteiger partial charge in [-0.15, -0.1) is 0 Å². The fraction of sp³-hybridized carbons (Fsp3) is 0.500. The molecule has 156 valence electrons. The molecule has 4 rings (SSSR count). The molecule has 1 aromatic carbocycles. The molecule has 0 radical (unpaired) electrons. The van der Waals surface area contributed by atoms with Crippen LogP contribution in [0.15, 0.2) is 35.7 Å². The first-order valence-electron chi connectivity index (χ1n) is 9.71. The number of carbonyl (C=O) groups is 1. The molecule has 1 aromatic heterocycles. The van der Waals surface area contributed by atoms with Gasteiger partial charge in [0.05, 0.1) is 6.33 Å². The molecule has 1 aliphatic heterocycles. The molecule has 7 nitrogen and oxygen atoms in total. The molecule has 0 atom stereocenters. The third-order valence-electron chi connectivity index (χ3n) is 5.78. The number of nitrogens with one attached hydrogen (secondary N) is 1. The SMILES string of the molecule is Cc1cc(Cl)ccc1C(=O)NCC1(CC2CC2)CN(S(=O)(=O)c2cn(C)cn2)C1. The van der Waals surface area contributed by atoms with Crippen molar-refractivity contribution < 1.29 is 13.2 Å². The van der Waals surface area contributed by atoms with Gasteiger partial charge < -0.3 is 9.88 Å². The van der Waals surface area contributed by atoms with Crippen LogP contribution in [-0.2, 0) is 17.1 Å². The molecule has 1 N–H and O–H groups in total. The maximum Gasteiger partial charge on any atom is 0.262 e. The van der Waals surface area contributed by atoms with Gasteiger partial charge in [0.2, 0.25) is 0 Å². The van der Waals surface area contributed by atoms with Crippen LogP contribution in [-0.4, -0.2) is 47.8 Å². The molecule has 2 aliphatic rings. The van der Waals surface area contributed by atoms with E-state index >= 15 is 0 Å². The first kappa shape index (κ1) is 20.4. The minimum Gasteiger partial charge on any atom is -0.351 e. The Labute approximate surface area is 176 Å². The Balaban J connectivity index is 1.44. The zero-order valence-corrected chi connectivity index (χ0v) is 18.1. The van der Waals surface area contributed by atoms with E-state index in [1.807, 2.05) is 6.92 Å².